The van der Waals surface area contributed by atoms with Crippen LogP contribution in [0, 0.1) is 18.3 Å². The Morgan fingerprint density at radius 2 is 1.16 bits per heavy atom. The number of ether oxygens (including phenoxy) is 2. The molecule has 0 amide bonds. The molecule has 80 heavy (non-hydrogen) atoms. The van der Waals surface area contributed by atoms with Gasteiger partial charge >= 0.3 is 11.9 Å². The number of aliphatic carboxylic acids is 1. The van der Waals surface area contributed by atoms with Gasteiger partial charge in [0, 0.05) is 64.5 Å². The number of benzene rings is 4. The van der Waals surface area contributed by atoms with E-state index in [2.05, 4.69) is 111 Å². The number of aromatic nitrogens is 2. The Labute approximate surface area is 501 Å². The number of carboxylic acids is 1. The van der Waals surface area contributed by atoms with E-state index in [4.69, 9.17) is 50.6 Å². The van der Waals surface area contributed by atoms with Gasteiger partial charge in [0.2, 0.25) is 0 Å². The van der Waals surface area contributed by atoms with Crippen LogP contribution < -0.4 is 4.74 Å². The molecule has 3 aliphatic carbocycles. The van der Waals surface area contributed by atoms with E-state index in [1.165, 1.54) is 77.5 Å². The summed E-state index contributed by atoms with van der Waals surface area (Å²) >= 11 is 13.2. The van der Waals surface area contributed by atoms with Crippen LogP contribution in [0.5, 0.6) is 23.0 Å². The minimum absolute atomic E-state index is 0.0122. The highest BCUT2D eigenvalue weighted by Crippen LogP contribution is 2.43. The largest absolute Gasteiger partial charge is 0.507 e. The molecule has 6 N–H and O–H groups in total. The number of hydrogen-bond donors (Lipinski definition) is 6. The van der Waals surface area contributed by atoms with Gasteiger partial charge in [-0.05, 0) is 166 Å². The molecule has 3 aliphatic rings. The molecule has 21 heteroatoms. The molecule has 432 valence electrons. The van der Waals surface area contributed by atoms with Crippen LogP contribution in [0.1, 0.15) is 133 Å². The SMILES string of the molecule is C#CC1CC1.CCN(CC)CC.C[C@@H](O)C(=O)OC(C)(C)C.C[C@H](Oc1ccc(Br)cc1-c1cc(C2CC2)on1)C(=O)O.O/N=C/c1cc(Br)ccc1O.O=Cc1cc(Br)ccc1O.Oc1ccc(Br)cc1-c1cc(C2CC2)on1. The van der Waals surface area contributed by atoms with Crippen molar-refractivity contribution < 1.29 is 63.6 Å². The predicted molar refractivity (Wildman–Crippen MR) is 322 cm³/mol. The summed E-state index contributed by atoms with van der Waals surface area (Å²) in [6.45, 7) is 18.3. The molecule has 6 aromatic rings. The molecule has 9 rings (SSSR count). The van der Waals surface area contributed by atoms with Crippen molar-refractivity contribution >= 4 is 88.2 Å². The third-order valence-corrected chi connectivity index (χ3v) is 13.3. The smallest absolute Gasteiger partial charge is 0.344 e. The summed E-state index contributed by atoms with van der Waals surface area (Å²) < 4.78 is 24.3. The van der Waals surface area contributed by atoms with E-state index in [0.29, 0.717) is 63.4 Å². The maximum Gasteiger partial charge on any atom is 0.344 e. The van der Waals surface area contributed by atoms with Crippen LogP contribution in [0.3, 0.4) is 0 Å². The van der Waals surface area contributed by atoms with Crippen molar-refractivity contribution in [3.05, 3.63) is 125 Å². The van der Waals surface area contributed by atoms with Crippen LogP contribution in [0.25, 0.3) is 22.5 Å². The summed E-state index contributed by atoms with van der Waals surface area (Å²) in [5, 5.41) is 64.6. The van der Waals surface area contributed by atoms with Crippen LogP contribution in [-0.2, 0) is 14.3 Å². The van der Waals surface area contributed by atoms with Crippen molar-refractivity contribution in [1.29, 1.82) is 0 Å². The number of nitrogens with zero attached hydrogens (tertiary/aromatic N) is 4. The molecule has 0 aliphatic heterocycles. The normalized spacial score (nSPS) is 13.9. The number of phenolic OH excluding ortho intramolecular Hbond substituents is 3. The van der Waals surface area contributed by atoms with Gasteiger partial charge in [-0.3, -0.25) is 4.79 Å². The standard InChI is InChI=1S/C15H14BrNO4.C12H10BrNO2.C7H6BrNO2.C7H5BrO2.C7H14O3.C6H15N.C5H6/c1-8(15(18)19)20-13-5-4-10(16)6-11(13)12-7-14(21-17-12)9-2-3-9;13-8-3-4-11(15)9(5-8)10-6-12(16-14-10)7-1-2-7;8-6-1-2-7(10)5(3-6)4-9-11;8-6-1-2-7(10)5(3-6)4-9;1-5(8)6(9)10-7(2,3)4;1-4-7(5-2)6-3;1-2-5-3-4-5/h4-9H,2-3H2,1H3,(H,18,19);3-7,15H,1-2H2;1-4,10-11H;1-4,10H;5,8H,1-4H3;4-6H2,1-3H3;1,5H,3-4H2/b;;9-4+;;;;/t8-;;;;5-;;/m0...1../s1. The number of carboxylic acid groups (broad SMARTS) is 1. The molecule has 3 fully saturated rings. The third kappa shape index (κ3) is 25.6. The fourth-order valence-electron chi connectivity index (χ4n) is 6.33. The number of aldehydes is 1. The number of carbonyl (C=O) groups is 3. The summed E-state index contributed by atoms with van der Waals surface area (Å²) in [6.07, 6.45) is 12.0. The highest BCUT2D eigenvalue weighted by atomic mass is 79.9. The zero-order chi connectivity index (χ0) is 59.7. The van der Waals surface area contributed by atoms with E-state index in [-0.39, 0.29) is 17.2 Å². The number of oxime groups is 1. The summed E-state index contributed by atoms with van der Waals surface area (Å²) in [6, 6.07) is 24.0. The topological polar surface area (TPSA) is 259 Å². The van der Waals surface area contributed by atoms with Gasteiger partial charge in [0.15, 0.2) is 12.4 Å². The lowest BCUT2D eigenvalue weighted by Gasteiger charge is -2.20. The minimum atomic E-state index is -1.03. The Hall–Kier alpha value is -6.02. The van der Waals surface area contributed by atoms with E-state index in [0.717, 1.165) is 42.3 Å². The summed E-state index contributed by atoms with van der Waals surface area (Å²) in [7, 11) is 0. The predicted octanol–water partition coefficient (Wildman–Crippen LogP) is 14.5. The molecule has 2 heterocycles. The summed E-state index contributed by atoms with van der Waals surface area (Å²) in [4.78, 5) is 34.2. The number of hydrogen-bond acceptors (Lipinski definition) is 16. The first-order valence-electron chi connectivity index (χ1n) is 25.7. The van der Waals surface area contributed by atoms with Crippen LogP contribution in [-0.4, -0.2) is 108 Å². The monoisotopic (exact) mass is 1360 g/mol. The molecular weight excluding hydrogens is 1290 g/mol. The Balaban J connectivity index is 0.000000256. The van der Waals surface area contributed by atoms with Crippen LogP contribution in [0.15, 0.2) is 117 Å². The minimum Gasteiger partial charge on any atom is -0.507 e. The fourth-order valence-corrected chi connectivity index (χ4v) is 7.81. The number of aliphatic hydroxyl groups excluding tert-OH is 1. The first-order chi connectivity index (χ1) is 37.9. The van der Waals surface area contributed by atoms with Gasteiger partial charge in [-0.2, -0.15) is 0 Å². The second kappa shape index (κ2) is 34.3. The lowest BCUT2D eigenvalue weighted by atomic mass is 10.1. The van der Waals surface area contributed by atoms with Gasteiger partial charge < -0.3 is 54.2 Å². The lowest BCUT2D eigenvalue weighted by Crippen LogP contribution is -2.29. The molecule has 4 aromatic carbocycles. The third-order valence-electron chi connectivity index (χ3n) is 11.3. The van der Waals surface area contributed by atoms with Crippen molar-refractivity contribution in [1.82, 2.24) is 15.2 Å². The second-order valence-electron chi connectivity index (χ2n) is 19.2. The average molecular weight is 1360 g/mol. The number of carbonyl (C=O) groups excluding carboxylic acids is 2. The van der Waals surface area contributed by atoms with Crippen molar-refractivity contribution in [2.24, 2.45) is 11.1 Å². The number of aromatic hydroxyl groups is 3. The molecule has 0 spiro atoms. The molecule has 0 radical (unpaired) electrons. The number of halogens is 4. The zero-order valence-electron chi connectivity index (χ0n) is 45.9. The van der Waals surface area contributed by atoms with Gasteiger partial charge in [0.1, 0.15) is 57.6 Å². The van der Waals surface area contributed by atoms with Crippen LogP contribution in [0.2, 0.25) is 0 Å². The molecule has 0 bridgehead atoms. The number of aliphatic hydroxyl groups is 1. The summed E-state index contributed by atoms with van der Waals surface area (Å²) in [5.74, 6) is 5.32. The zero-order valence-corrected chi connectivity index (χ0v) is 52.3. The number of esters is 1. The highest BCUT2D eigenvalue weighted by Gasteiger charge is 2.30. The first-order valence-corrected chi connectivity index (χ1v) is 28.8. The van der Waals surface area contributed by atoms with Crippen LogP contribution >= 0.6 is 63.7 Å². The average Bonchev–Trinajstić information content (AvgIpc) is 4.38. The Bertz CT molecular complexity index is 2960. The molecule has 0 unspecified atom stereocenters. The van der Waals surface area contributed by atoms with Crippen molar-refractivity contribution in [3.63, 3.8) is 0 Å². The number of terminal acetylenes is 1. The van der Waals surface area contributed by atoms with Gasteiger partial charge in [0.05, 0.1) is 11.8 Å². The van der Waals surface area contributed by atoms with E-state index in [1.807, 2.05) is 24.3 Å². The van der Waals surface area contributed by atoms with E-state index < -0.39 is 29.7 Å². The van der Waals surface area contributed by atoms with Gasteiger partial charge in [0.25, 0.3) is 0 Å². The van der Waals surface area contributed by atoms with Crippen molar-refractivity contribution in [2.75, 3.05) is 19.6 Å². The van der Waals surface area contributed by atoms with Gasteiger partial charge in [-0.1, -0.05) is 100.0 Å². The number of rotatable bonds is 13. The first kappa shape index (κ1) is 68.3. The molecule has 17 nitrogen and oxygen atoms in total. The molecule has 2 aromatic heterocycles. The maximum atomic E-state index is 11.0. The molecule has 3 saturated carbocycles. The van der Waals surface area contributed by atoms with Gasteiger partial charge in [-0.15, -0.1) is 12.3 Å². The summed E-state index contributed by atoms with van der Waals surface area (Å²) in [5.41, 5.74) is 3.04. The highest BCUT2D eigenvalue weighted by molar-refractivity contribution is 9.11. The molecule has 0 saturated heterocycles. The molecule has 2 atom stereocenters. The Morgan fingerprint density at radius 1 is 0.725 bits per heavy atom. The van der Waals surface area contributed by atoms with Crippen molar-refractivity contribution in [2.45, 2.75) is 124 Å². The van der Waals surface area contributed by atoms with E-state index >= 15 is 0 Å². The van der Waals surface area contributed by atoms with E-state index in [1.54, 1.807) is 69.3 Å². The maximum absolute atomic E-state index is 11.0. The van der Waals surface area contributed by atoms with Crippen molar-refractivity contribution in [3.8, 4) is 57.9 Å². The van der Waals surface area contributed by atoms with Crippen LogP contribution in [0.4, 0.5) is 0 Å². The van der Waals surface area contributed by atoms with E-state index in [9.17, 15) is 19.5 Å². The quantitative estimate of drug-likeness (QED) is 0.0157. The fraction of sp³-hybridized carbons (Fsp3) is 0.390. The molecular formula is C59H70Br4N4O13. The Kier molecular flexibility index (Phi) is 29.3. The Morgan fingerprint density at radius 3 is 1.52 bits per heavy atom. The second-order valence-corrected chi connectivity index (χ2v) is 22.9. The number of phenols is 3. The van der Waals surface area contributed by atoms with Gasteiger partial charge in [-0.25, -0.2) is 9.59 Å². The lowest BCUT2D eigenvalue weighted by molar-refractivity contribution is -0.164.